The number of hydrogen-bond acceptors (Lipinski definition) is 6. The average molecular weight is 280 g/mol. The van der Waals surface area contributed by atoms with Crippen molar-refractivity contribution in [2.75, 3.05) is 37.9 Å². The zero-order valence-electron chi connectivity index (χ0n) is 8.45. The average Bonchev–Trinajstić information content (AvgIpc) is 2.06. The van der Waals surface area contributed by atoms with Gasteiger partial charge in [0.15, 0.2) is 0 Å². The molecule has 0 aliphatic rings. The monoisotopic (exact) mass is 280 g/mol. The van der Waals surface area contributed by atoms with Gasteiger partial charge in [-0.2, -0.15) is 0 Å². The Morgan fingerprint density at radius 1 is 0.812 bits per heavy atom. The second kappa shape index (κ2) is 7.09. The highest BCUT2D eigenvalue weighted by Gasteiger charge is 2.03. The van der Waals surface area contributed by atoms with Crippen LogP contribution in [0.3, 0.4) is 0 Å². The van der Waals surface area contributed by atoms with Crippen LogP contribution >= 0.6 is 0 Å². The lowest BCUT2D eigenvalue weighted by Crippen LogP contribution is -2.13. The van der Waals surface area contributed by atoms with Crippen molar-refractivity contribution in [3.63, 3.8) is 0 Å². The van der Waals surface area contributed by atoms with E-state index in [9.17, 15) is 16.2 Å². The second-order valence-electron chi connectivity index (χ2n) is 2.82. The van der Waals surface area contributed by atoms with Crippen molar-refractivity contribution in [3.8, 4) is 0 Å². The fraction of sp³-hybridized carbons (Fsp3) is 1.00. The summed E-state index contributed by atoms with van der Waals surface area (Å²) in [5.41, 5.74) is 0. The van der Waals surface area contributed by atoms with Gasteiger partial charge in [0.25, 0.3) is 0 Å². The Bertz CT molecular complexity index is 343. The summed E-state index contributed by atoms with van der Waals surface area (Å²) in [4.78, 5) is 0. The van der Waals surface area contributed by atoms with Crippen LogP contribution in [-0.2, 0) is 29.7 Å². The van der Waals surface area contributed by atoms with Crippen molar-refractivity contribution in [2.45, 2.75) is 0 Å². The second-order valence-corrected chi connectivity index (χ2v) is 6.02. The lowest BCUT2D eigenvalue weighted by atomic mass is 10.7. The van der Waals surface area contributed by atoms with Gasteiger partial charge in [0.05, 0.1) is 37.9 Å². The summed E-state index contributed by atoms with van der Waals surface area (Å²) in [5.74, 6) is -1.00. The minimum Gasteiger partial charge on any atom is -0.378 e. The molecule has 0 aliphatic heterocycles. The zero-order valence-corrected chi connectivity index (χ0v) is 10.1. The van der Waals surface area contributed by atoms with Crippen LogP contribution in [0.25, 0.3) is 0 Å². The molecular weight excluding hydrogens is 266 g/mol. The number of rotatable bonds is 9. The largest absolute Gasteiger partial charge is 0.378 e. The molecule has 0 fully saturated rings. The van der Waals surface area contributed by atoms with Crippen molar-refractivity contribution >= 4 is 20.2 Å². The molecule has 2 N–H and O–H groups in total. The Labute approximate surface area is 93.9 Å². The number of halogens is 2. The molecule has 2 atom stereocenters. The molecule has 0 saturated heterocycles. The zero-order chi connectivity index (χ0) is 12.7. The van der Waals surface area contributed by atoms with E-state index in [0.29, 0.717) is 0 Å². The topological polar surface area (TPSA) is 100 Å². The molecule has 0 aliphatic carbocycles. The van der Waals surface area contributed by atoms with Gasteiger partial charge in [-0.3, -0.25) is 0 Å². The summed E-state index contributed by atoms with van der Waals surface area (Å²) < 4.78 is 67.1. The van der Waals surface area contributed by atoms with E-state index < -0.39 is 31.7 Å². The van der Waals surface area contributed by atoms with Crippen molar-refractivity contribution in [1.29, 1.82) is 9.56 Å². The molecule has 0 spiro atoms. The number of ether oxygens (including phenoxy) is 2. The molecule has 0 saturated carbocycles. The van der Waals surface area contributed by atoms with Crippen LogP contribution in [0.5, 0.6) is 0 Å². The minimum absolute atomic E-state index is 0.0704. The first-order valence-electron chi connectivity index (χ1n) is 4.28. The van der Waals surface area contributed by atoms with Gasteiger partial charge in [0.2, 0.25) is 20.2 Å². The van der Waals surface area contributed by atoms with Gasteiger partial charge < -0.3 is 9.47 Å². The van der Waals surface area contributed by atoms with Crippen LogP contribution in [-0.4, -0.2) is 46.4 Å². The number of hydrogen-bond donors (Lipinski definition) is 2. The van der Waals surface area contributed by atoms with Crippen LogP contribution in [0.1, 0.15) is 0 Å². The van der Waals surface area contributed by atoms with Gasteiger partial charge in [-0.15, -0.1) is 7.77 Å². The number of nitrogens with one attached hydrogen (secondary N) is 2. The highest BCUT2D eigenvalue weighted by molar-refractivity contribution is 7.87. The van der Waals surface area contributed by atoms with E-state index in [4.69, 9.17) is 19.0 Å². The van der Waals surface area contributed by atoms with Gasteiger partial charge in [-0.1, -0.05) is 0 Å². The molecule has 10 heteroatoms. The van der Waals surface area contributed by atoms with Crippen molar-refractivity contribution < 1.29 is 25.7 Å². The highest BCUT2D eigenvalue weighted by Crippen LogP contribution is 1.93. The standard InChI is InChI=1S/C6H14F2N2O4S2/c7-15(9,11)5-3-13-1-2-14-4-6-16(8,10)12/h9-10H,1-6H2. The summed E-state index contributed by atoms with van der Waals surface area (Å²) >= 11 is 0. The maximum atomic E-state index is 12.1. The molecule has 98 valence electrons. The van der Waals surface area contributed by atoms with E-state index >= 15 is 0 Å². The van der Waals surface area contributed by atoms with E-state index in [2.05, 4.69) is 0 Å². The Morgan fingerprint density at radius 2 is 1.12 bits per heavy atom. The van der Waals surface area contributed by atoms with Gasteiger partial charge in [-0.25, -0.2) is 18.0 Å². The Morgan fingerprint density at radius 3 is 1.38 bits per heavy atom. The lowest BCUT2D eigenvalue weighted by molar-refractivity contribution is 0.0596. The molecule has 0 aromatic carbocycles. The molecule has 0 bridgehead atoms. The lowest BCUT2D eigenvalue weighted by Gasteiger charge is -2.04. The molecule has 16 heavy (non-hydrogen) atoms. The summed E-state index contributed by atoms with van der Waals surface area (Å²) in [6.07, 6.45) is 0. The van der Waals surface area contributed by atoms with Gasteiger partial charge in [0.1, 0.15) is 0 Å². The molecule has 6 nitrogen and oxygen atoms in total. The molecular formula is C6H14F2N2O4S2. The fourth-order valence-corrected chi connectivity index (χ4v) is 1.32. The third kappa shape index (κ3) is 13.7. The summed E-state index contributed by atoms with van der Waals surface area (Å²) in [6.45, 7) is -0.191. The van der Waals surface area contributed by atoms with Crippen molar-refractivity contribution in [2.24, 2.45) is 0 Å². The molecule has 0 aromatic heterocycles. The van der Waals surface area contributed by atoms with Gasteiger partial charge >= 0.3 is 0 Å². The minimum atomic E-state index is -4.02. The Hall–Kier alpha value is -0.320. The van der Waals surface area contributed by atoms with Crippen LogP contribution in [0.15, 0.2) is 0 Å². The van der Waals surface area contributed by atoms with Crippen LogP contribution in [0.4, 0.5) is 7.77 Å². The van der Waals surface area contributed by atoms with Crippen molar-refractivity contribution in [1.82, 2.24) is 0 Å². The SMILES string of the molecule is N=S(=O)(F)CCOCCOCCS(=N)(=O)F. The molecule has 0 heterocycles. The Balaban J connectivity index is 3.29. The first-order valence-corrected chi connectivity index (χ1v) is 7.54. The third-order valence-electron chi connectivity index (χ3n) is 1.35. The molecule has 0 rings (SSSR count). The van der Waals surface area contributed by atoms with E-state index in [1.165, 1.54) is 0 Å². The van der Waals surface area contributed by atoms with Crippen LogP contribution < -0.4 is 0 Å². The molecule has 0 amide bonds. The van der Waals surface area contributed by atoms with Crippen LogP contribution in [0.2, 0.25) is 0 Å². The Kier molecular flexibility index (Phi) is 6.95. The van der Waals surface area contributed by atoms with E-state index in [-0.39, 0.29) is 26.4 Å². The normalized spacial score (nSPS) is 18.9. The van der Waals surface area contributed by atoms with E-state index in [1.54, 1.807) is 0 Å². The molecule has 2 unspecified atom stereocenters. The molecule has 0 radical (unpaired) electrons. The van der Waals surface area contributed by atoms with Crippen LogP contribution in [0, 0.1) is 9.56 Å². The predicted octanol–water partition coefficient (Wildman–Crippen LogP) is 0.882. The van der Waals surface area contributed by atoms with Gasteiger partial charge in [0, 0.05) is 0 Å². The summed E-state index contributed by atoms with van der Waals surface area (Å²) in [6, 6.07) is 0. The van der Waals surface area contributed by atoms with Gasteiger partial charge in [-0.05, 0) is 0 Å². The highest BCUT2D eigenvalue weighted by atomic mass is 32.3. The maximum absolute atomic E-state index is 12.1. The first kappa shape index (κ1) is 15.7. The third-order valence-corrected chi connectivity index (χ3v) is 2.74. The summed E-state index contributed by atoms with van der Waals surface area (Å²) in [5, 5.41) is 0. The summed E-state index contributed by atoms with van der Waals surface area (Å²) in [7, 11) is -8.04. The molecule has 0 aromatic rings. The predicted molar refractivity (Wildman–Crippen MR) is 55.3 cm³/mol. The van der Waals surface area contributed by atoms with Crippen molar-refractivity contribution in [3.05, 3.63) is 0 Å². The van der Waals surface area contributed by atoms with E-state index in [1.807, 2.05) is 0 Å². The first-order chi connectivity index (χ1) is 7.21. The quantitative estimate of drug-likeness (QED) is 0.483. The van der Waals surface area contributed by atoms with E-state index in [0.717, 1.165) is 0 Å². The smallest absolute Gasteiger partial charge is 0.201 e. The fourth-order valence-electron chi connectivity index (χ4n) is 0.654. The maximum Gasteiger partial charge on any atom is 0.201 e.